The lowest BCUT2D eigenvalue weighted by Gasteiger charge is -2.50. The van der Waals surface area contributed by atoms with Crippen LogP contribution in [0.4, 0.5) is 10.2 Å². The monoisotopic (exact) mass is 437 g/mol. The molecule has 0 spiro atoms. The van der Waals surface area contributed by atoms with Crippen molar-refractivity contribution < 1.29 is 9.50 Å². The Balaban J connectivity index is 1.36. The molecule has 2 fully saturated rings. The van der Waals surface area contributed by atoms with Gasteiger partial charge in [0.25, 0.3) is 0 Å². The number of phenolic OH excluding ortho intramolecular Hbond substituents is 1. The van der Waals surface area contributed by atoms with Crippen molar-refractivity contribution in [3.8, 4) is 28.5 Å². The molecule has 2 aliphatic rings. The zero-order valence-electron chi connectivity index (χ0n) is 18.6. The molecule has 1 N–H and O–H groups in total. The zero-order valence-corrected chi connectivity index (χ0v) is 18.6. The van der Waals surface area contributed by atoms with Gasteiger partial charge in [-0.2, -0.15) is 5.10 Å². The van der Waals surface area contributed by atoms with Crippen LogP contribution in [-0.2, 0) is 7.05 Å². The Morgan fingerprint density at radius 2 is 2.03 bits per heavy atom. The number of nitrogens with zero attached hydrogens (tertiary/aromatic N) is 7. The van der Waals surface area contributed by atoms with Crippen LogP contribution in [0.25, 0.3) is 22.8 Å². The molecule has 3 aromatic rings. The number of rotatable bonds is 4. The Morgan fingerprint density at radius 3 is 2.72 bits per heavy atom. The van der Waals surface area contributed by atoms with Crippen LogP contribution in [0.15, 0.2) is 30.7 Å². The highest BCUT2D eigenvalue weighted by atomic mass is 19.1. The third-order valence-electron chi connectivity index (χ3n) is 7.13. The van der Waals surface area contributed by atoms with Crippen LogP contribution in [0.1, 0.15) is 39.0 Å². The standard InChI is InChI=1S/C23H28FN7O/c1-23-8-4-5-15(10-23)20(24)17(11-23)31(3)19-12-25-22(28-27-19)16-7-6-14(9-18(16)32)21-26-13-30(2)29-21/h6-7,9,12-13,15,17,20,32H,4-5,8,10-11H2,1-3H3/t15-,17-,20+,23+/m0/s1. The highest BCUT2D eigenvalue weighted by molar-refractivity contribution is 5.70. The summed E-state index contributed by atoms with van der Waals surface area (Å²) in [6.45, 7) is 2.28. The molecule has 2 aliphatic carbocycles. The summed E-state index contributed by atoms with van der Waals surface area (Å²) in [5.74, 6) is 1.52. The van der Waals surface area contributed by atoms with Crippen LogP contribution in [0.5, 0.6) is 5.75 Å². The molecular formula is C23H28FN7O. The maximum Gasteiger partial charge on any atom is 0.185 e. The predicted octanol–water partition coefficient (Wildman–Crippen LogP) is 3.78. The Bertz CT molecular complexity index is 1120. The Morgan fingerprint density at radius 1 is 1.19 bits per heavy atom. The van der Waals surface area contributed by atoms with Crippen molar-refractivity contribution in [2.45, 2.75) is 51.2 Å². The molecule has 9 heteroatoms. The van der Waals surface area contributed by atoms with Crippen molar-refractivity contribution in [2.75, 3.05) is 11.9 Å². The van der Waals surface area contributed by atoms with E-state index in [1.165, 1.54) is 0 Å². The number of alkyl halides is 1. The number of aromatic nitrogens is 6. The fraction of sp³-hybridized carbons (Fsp3) is 0.522. The minimum Gasteiger partial charge on any atom is -0.507 e. The van der Waals surface area contributed by atoms with E-state index < -0.39 is 6.17 Å². The molecule has 2 heterocycles. The largest absolute Gasteiger partial charge is 0.507 e. The van der Waals surface area contributed by atoms with E-state index in [0.29, 0.717) is 28.6 Å². The summed E-state index contributed by atoms with van der Waals surface area (Å²) < 4.78 is 16.8. The molecule has 2 saturated carbocycles. The van der Waals surface area contributed by atoms with Crippen LogP contribution >= 0.6 is 0 Å². The Labute approximate surface area is 186 Å². The summed E-state index contributed by atoms with van der Waals surface area (Å²) in [5.41, 5.74) is 1.36. The van der Waals surface area contributed by atoms with Crippen molar-refractivity contribution in [1.82, 2.24) is 29.9 Å². The molecule has 5 rings (SSSR count). The lowest BCUT2D eigenvalue weighted by molar-refractivity contribution is 0.0113. The highest BCUT2D eigenvalue weighted by Gasteiger charge is 2.47. The number of hydrogen-bond donors (Lipinski definition) is 1. The van der Waals surface area contributed by atoms with Gasteiger partial charge in [-0.15, -0.1) is 10.2 Å². The summed E-state index contributed by atoms with van der Waals surface area (Å²) in [5, 5.41) is 23.3. The van der Waals surface area contributed by atoms with Gasteiger partial charge in [0.2, 0.25) is 0 Å². The number of fused-ring (bicyclic) bond motifs is 2. The van der Waals surface area contributed by atoms with Crippen LogP contribution in [-0.4, -0.2) is 54.3 Å². The van der Waals surface area contributed by atoms with Crippen LogP contribution in [0.2, 0.25) is 0 Å². The van der Waals surface area contributed by atoms with Crippen LogP contribution in [0, 0.1) is 11.3 Å². The number of aromatic hydroxyl groups is 1. The molecule has 0 unspecified atom stereocenters. The van der Waals surface area contributed by atoms with Gasteiger partial charge in [-0.3, -0.25) is 4.68 Å². The normalized spacial score (nSPS) is 27.3. The third-order valence-corrected chi connectivity index (χ3v) is 7.13. The van der Waals surface area contributed by atoms with Gasteiger partial charge < -0.3 is 10.0 Å². The first-order valence-corrected chi connectivity index (χ1v) is 11.1. The summed E-state index contributed by atoms with van der Waals surface area (Å²) in [6, 6.07) is 4.90. The maximum atomic E-state index is 15.2. The second-order valence-corrected chi connectivity index (χ2v) is 9.61. The van der Waals surface area contributed by atoms with Gasteiger partial charge in [-0.1, -0.05) is 19.4 Å². The van der Waals surface area contributed by atoms with Gasteiger partial charge in [0.15, 0.2) is 17.5 Å². The topological polar surface area (TPSA) is 92.9 Å². The lowest BCUT2D eigenvalue weighted by atomic mass is 9.60. The number of benzene rings is 1. The fourth-order valence-corrected chi connectivity index (χ4v) is 5.42. The van der Waals surface area contributed by atoms with E-state index in [0.717, 1.165) is 32.1 Å². The number of hydrogen-bond acceptors (Lipinski definition) is 7. The van der Waals surface area contributed by atoms with E-state index in [4.69, 9.17) is 0 Å². The quantitative estimate of drug-likeness (QED) is 0.664. The van der Waals surface area contributed by atoms with Crippen molar-refractivity contribution in [2.24, 2.45) is 18.4 Å². The van der Waals surface area contributed by atoms with Gasteiger partial charge in [0.1, 0.15) is 18.2 Å². The molecule has 0 aliphatic heterocycles. The maximum absolute atomic E-state index is 15.2. The smallest absolute Gasteiger partial charge is 0.185 e. The molecule has 0 amide bonds. The Kier molecular flexibility index (Phi) is 5.06. The lowest BCUT2D eigenvalue weighted by Crippen LogP contribution is -2.52. The van der Waals surface area contributed by atoms with E-state index in [1.54, 1.807) is 36.4 Å². The SMILES string of the molecule is CN(c1cnc(-c2ccc(-c3ncn(C)n3)cc2O)nn1)[C@H]1C[C@]2(C)CCC[C@@H](C2)[C@H]1F. The number of anilines is 1. The minimum atomic E-state index is -0.869. The molecule has 168 valence electrons. The molecule has 0 saturated heterocycles. The number of phenols is 1. The van der Waals surface area contributed by atoms with E-state index in [1.807, 2.05) is 18.0 Å². The molecule has 4 atom stereocenters. The first-order chi connectivity index (χ1) is 15.3. The summed E-state index contributed by atoms with van der Waals surface area (Å²) in [4.78, 5) is 10.5. The molecular weight excluding hydrogens is 409 g/mol. The van der Waals surface area contributed by atoms with Gasteiger partial charge in [-0.25, -0.2) is 14.4 Å². The van der Waals surface area contributed by atoms with Gasteiger partial charge in [0, 0.05) is 19.7 Å². The molecule has 8 nitrogen and oxygen atoms in total. The fourth-order valence-electron chi connectivity index (χ4n) is 5.42. The van der Waals surface area contributed by atoms with E-state index in [9.17, 15) is 5.11 Å². The van der Waals surface area contributed by atoms with Crippen molar-refractivity contribution in [1.29, 1.82) is 0 Å². The first kappa shape index (κ1) is 20.8. The molecule has 32 heavy (non-hydrogen) atoms. The highest BCUT2D eigenvalue weighted by Crippen LogP contribution is 2.50. The molecule has 2 bridgehead atoms. The first-order valence-electron chi connectivity index (χ1n) is 11.1. The molecule has 2 aromatic heterocycles. The summed E-state index contributed by atoms with van der Waals surface area (Å²) in [7, 11) is 3.66. The summed E-state index contributed by atoms with van der Waals surface area (Å²) >= 11 is 0. The van der Waals surface area contributed by atoms with E-state index >= 15 is 4.39 Å². The second kappa shape index (κ2) is 7.79. The van der Waals surface area contributed by atoms with Crippen molar-refractivity contribution in [3.05, 3.63) is 30.7 Å². The van der Waals surface area contributed by atoms with E-state index in [2.05, 4.69) is 32.2 Å². The van der Waals surface area contributed by atoms with Gasteiger partial charge in [0.05, 0.1) is 17.8 Å². The summed E-state index contributed by atoms with van der Waals surface area (Å²) in [6.07, 6.45) is 7.37. The third kappa shape index (κ3) is 3.69. The van der Waals surface area contributed by atoms with Crippen LogP contribution < -0.4 is 4.90 Å². The van der Waals surface area contributed by atoms with Crippen molar-refractivity contribution in [3.63, 3.8) is 0 Å². The van der Waals surface area contributed by atoms with Crippen LogP contribution in [0.3, 0.4) is 0 Å². The number of halogens is 1. The molecule has 1 aromatic carbocycles. The second-order valence-electron chi connectivity index (χ2n) is 9.61. The van der Waals surface area contributed by atoms with Gasteiger partial charge in [-0.05, 0) is 49.1 Å². The van der Waals surface area contributed by atoms with Crippen molar-refractivity contribution >= 4 is 5.82 Å². The zero-order chi connectivity index (χ0) is 22.5. The average Bonchev–Trinajstić information content (AvgIpc) is 3.22. The van der Waals surface area contributed by atoms with E-state index in [-0.39, 0.29) is 23.1 Å². The Hall–Kier alpha value is -3.10. The minimum absolute atomic E-state index is 0.0229. The average molecular weight is 438 g/mol. The number of aryl methyl sites for hydroxylation is 1. The van der Waals surface area contributed by atoms with Gasteiger partial charge >= 0.3 is 0 Å². The predicted molar refractivity (Wildman–Crippen MR) is 119 cm³/mol. The molecule has 0 radical (unpaired) electrons.